The maximum atomic E-state index is 10.8. The minimum absolute atomic E-state index is 0. The first-order valence-electron chi connectivity index (χ1n) is 4.43. The van der Waals surface area contributed by atoms with E-state index in [1.54, 1.807) is 23.9 Å². The number of hydrogen-bond donors (Lipinski definition) is 3. The van der Waals surface area contributed by atoms with Gasteiger partial charge in [-0.3, -0.25) is 4.79 Å². The van der Waals surface area contributed by atoms with Gasteiger partial charge in [-0.25, -0.2) is 0 Å². The summed E-state index contributed by atoms with van der Waals surface area (Å²) in [6.45, 7) is 0. The zero-order valence-corrected chi connectivity index (χ0v) is 10.4. The van der Waals surface area contributed by atoms with E-state index in [1.165, 1.54) is 0 Å². The maximum Gasteiger partial charge on any atom is 0.237 e. The summed E-state index contributed by atoms with van der Waals surface area (Å²) in [6.07, 6.45) is 0.916. The van der Waals surface area contributed by atoms with Crippen LogP contribution in [0.25, 0.3) is 0 Å². The summed E-state index contributed by atoms with van der Waals surface area (Å²) in [5, 5.41) is 9.69. The lowest BCUT2D eigenvalue weighted by atomic mass is 10.0. The SMILES string of the molecule is CSc1ccc([C@H](O)[C@@H](N)C(N)=O)cc1.Cl. The van der Waals surface area contributed by atoms with E-state index in [0.717, 1.165) is 4.90 Å². The number of nitrogens with two attached hydrogens (primary N) is 2. The summed E-state index contributed by atoms with van der Waals surface area (Å²) in [6, 6.07) is 6.12. The molecule has 6 heteroatoms. The molecule has 4 nitrogen and oxygen atoms in total. The van der Waals surface area contributed by atoms with Crippen molar-refractivity contribution in [2.75, 3.05) is 6.26 Å². The van der Waals surface area contributed by atoms with Crippen molar-refractivity contribution in [3.05, 3.63) is 29.8 Å². The van der Waals surface area contributed by atoms with E-state index in [9.17, 15) is 9.90 Å². The number of halogens is 1. The third-order valence-electron chi connectivity index (χ3n) is 2.13. The molecule has 90 valence electrons. The van der Waals surface area contributed by atoms with E-state index in [2.05, 4.69) is 0 Å². The molecule has 1 aromatic rings. The van der Waals surface area contributed by atoms with Crippen molar-refractivity contribution in [3.63, 3.8) is 0 Å². The molecule has 0 aliphatic heterocycles. The standard InChI is InChI=1S/C10H14N2O2S.ClH/c1-15-7-4-2-6(3-5-7)9(13)8(11)10(12)14;/h2-5,8-9,13H,11H2,1H3,(H2,12,14);1H/t8-,9+;/m1./s1. The van der Waals surface area contributed by atoms with Crippen molar-refractivity contribution in [2.45, 2.75) is 17.0 Å². The van der Waals surface area contributed by atoms with E-state index in [-0.39, 0.29) is 12.4 Å². The van der Waals surface area contributed by atoms with Gasteiger partial charge in [0.2, 0.25) is 5.91 Å². The molecule has 0 bridgehead atoms. The molecule has 16 heavy (non-hydrogen) atoms. The van der Waals surface area contributed by atoms with E-state index >= 15 is 0 Å². The van der Waals surface area contributed by atoms with E-state index in [0.29, 0.717) is 5.56 Å². The Labute approximate surface area is 105 Å². The highest BCUT2D eigenvalue weighted by Crippen LogP contribution is 2.20. The molecular weight excluding hydrogens is 248 g/mol. The molecule has 0 unspecified atom stereocenters. The predicted molar refractivity (Wildman–Crippen MR) is 67.6 cm³/mol. The Balaban J connectivity index is 0.00000225. The monoisotopic (exact) mass is 262 g/mol. The summed E-state index contributed by atoms with van der Waals surface area (Å²) >= 11 is 1.60. The minimum Gasteiger partial charge on any atom is -0.386 e. The van der Waals surface area contributed by atoms with Crippen molar-refractivity contribution in [3.8, 4) is 0 Å². The molecule has 1 amide bonds. The van der Waals surface area contributed by atoms with Crippen LogP contribution in [0.15, 0.2) is 29.2 Å². The van der Waals surface area contributed by atoms with Gasteiger partial charge in [0.1, 0.15) is 12.1 Å². The van der Waals surface area contributed by atoms with Gasteiger partial charge in [0.05, 0.1) is 0 Å². The molecule has 0 saturated heterocycles. The molecule has 0 aliphatic carbocycles. The zero-order chi connectivity index (χ0) is 11.4. The van der Waals surface area contributed by atoms with Crippen molar-refractivity contribution in [2.24, 2.45) is 11.5 Å². The number of aliphatic hydroxyl groups is 1. The number of aliphatic hydroxyl groups excluding tert-OH is 1. The molecule has 5 N–H and O–H groups in total. The predicted octanol–water partition coefficient (Wildman–Crippen LogP) is 0.676. The number of carbonyl (C=O) groups excluding carboxylic acids is 1. The van der Waals surface area contributed by atoms with Crippen LogP contribution in [-0.4, -0.2) is 23.3 Å². The lowest BCUT2D eigenvalue weighted by Gasteiger charge is -2.16. The van der Waals surface area contributed by atoms with E-state index in [4.69, 9.17) is 11.5 Å². The molecule has 0 fully saturated rings. The molecule has 0 aliphatic rings. The summed E-state index contributed by atoms with van der Waals surface area (Å²) in [5.41, 5.74) is 11.0. The van der Waals surface area contributed by atoms with E-state index < -0.39 is 18.1 Å². The highest BCUT2D eigenvalue weighted by molar-refractivity contribution is 7.98. The van der Waals surface area contributed by atoms with Gasteiger partial charge < -0.3 is 16.6 Å². The first-order chi connectivity index (χ1) is 7.06. The van der Waals surface area contributed by atoms with Gasteiger partial charge in [-0.05, 0) is 24.0 Å². The fourth-order valence-corrected chi connectivity index (χ4v) is 1.57. The summed E-state index contributed by atoms with van der Waals surface area (Å²) < 4.78 is 0. The Kier molecular flexibility index (Phi) is 6.43. The van der Waals surface area contributed by atoms with Crippen LogP contribution < -0.4 is 11.5 Å². The molecule has 1 aromatic carbocycles. The summed E-state index contributed by atoms with van der Waals surface area (Å²) in [5.74, 6) is -0.712. The highest BCUT2D eigenvalue weighted by Gasteiger charge is 2.21. The highest BCUT2D eigenvalue weighted by atomic mass is 35.5. The Morgan fingerprint density at radius 1 is 1.38 bits per heavy atom. The molecular formula is C10H15ClN2O2S. The average Bonchev–Trinajstić information content (AvgIpc) is 2.27. The molecule has 0 saturated carbocycles. The number of benzene rings is 1. The van der Waals surface area contributed by atoms with Crippen molar-refractivity contribution < 1.29 is 9.90 Å². The number of amides is 1. The molecule has 0 aromatic heterocycles. The lowest BCUT2D eigenvalue weighted by molar-refractivity contribution is -0.121. The van der Waals surface area contributed by atoms with Crippen LogP contribution in [0.5, 0.6) is 0 Å². The summed E-state index contributed by atoms with van der Waals surface area (Å²) in [4.78, 5) is 11.9. The maximum absolute atomic E-state index is 10.8. The van der Waals surface area contributed by atoms with Gasteiger partial charge in [-0.15, -0.1) is 24.2 Å². The fourth-order valence-electron chi connectivity index (χ4n) is 1.16. The third-order valence-corrected chi connectivity index (χ3v) is 2.87. The quantitative estimate of drug-likeness (QED) is 0.696. The second-order valence-electron chi connectivity index (χ2n) is 3.15. The number of rotatable bonds is 4. The first-order valence-corrected chi connectivity index (χ1v) is 5.65. The van der Waals surface area contributed by atoms with Gasteiger partial charge in [0, 0.05) is 4.90 Å². The van der Waals surface area contributed by atoms with Gasteiger partial charge in [-0.2, -0.15) is 0 Å². The van der Waals surface area contributed by atoms with Crippen LogP contribution in [0.2, 0.25) is 0 Å². The number of thioether (sulfide) groups is 1. The molecule has 0 heterocycles. The zero-order valence-electron chi connectivity index (χ0n) is 8.79. The van der Waals surface area contributed by atoms with E-state index in [1.807, 2.05) is 18.4 Å². The van der Waals surface area contributed by atoms with Crippen LogP contribution in [0.1, 0.15) is 11.7 Å². The Hall–Kier alpha value is -0.750. The molecule has 1 rings (SSSR count). The molecule has 2 atom stereocenters. The summed E-state index contributed by atoms with van der Waals surface area (Å²) in [7, 11) is 0. The topological polar surface area (TPSA) is 89.3 Å². The second-order valence-corrected chi connectivity index (χ2v) is 4.03. The minimum atomic E-state index is -1.06. The Morgan fingerprint density at radius 3 is 2.25 bits per heavy atom. The average molecular weight is 263 g/mol. The first kappa shape index (κ1) is 15.2. The van der Waals surface area contributed by atoms with Gasteiger partial charge in [0.25, 0.3) is 0 Å². The number of carbonyl (C=O) groups is 1. The second kappa shape index (κ2) is 6.75. The number of primary amides is 1. The van der Waals surface area contributed by atoms with Gasteiger partial charge >= 0.3 is 0 Å². The molecule has 0 spiro atoms. The van der Waals surface area contributed by atoms with Crippen LogP contribution in [-0.2, 0) is 4.79 Å². The molecule has 0 radical (unpaired) electrons. The van der Waals surface area contributed by atoms with Gasteiger partial charge in [0.15, 0.2) is 0 Å². The van der Waals surface area contributed by atoms with Crippen molar-refractivity contribution in [1.82, 2.24) is 0 Å². The van der Waals surface area contributed by atoms with Gasteiger partial charge in [-0.1, -0.05) is 12.1 Å². The van der Waals surface area contributed by atoms with Crippen molar-refractivity contribution >= 4 is 30.1 Å². The Morgan fingerprint density at radius 2 is 1.88 bits per heavy atom. The lowest BCUT2D eigenvalue weighted by Crippen LogP contribution is -2.41. The normalized spacial score (nSPS) is 13.7. The largest absolute Gasteiger partial charge is 0.386 e. The van der Waals surface area contributed by atoms with Crippen LogP contribution in [0.4, 0.5) is 0 Å². The van der Waals surface area contributed by atoms with Crippen LogP contribution in [0, 0.1) is 0 Å². The van der Waals surface area contributed by atoms with Crippen molar-refractivity contribution in [1.29, 1.82) is 0 Å². The smallest absolute Gasteiger partial charge is 0.237 e. The van der Waals surface area contributed by atoms with Crippen LogP contribution >= 0.6 is 24.2 Å². The number of hydrogen-bond acceptors (Lipinski definition) is 4. The third kappa shape index (κ3) is 3.68. The Bertz CT molecular complexity index is 345. The van der Waals surface area contributed by atoms with Crippen LogP contribution in [0.3, 0.4) is 0 Å². The fraction of sp³-hybridized carbons (Fsp3) is 0.300.